The van der Waals surface area contributed by atoms with E-state index in [1.807, 2.05) is 25.1 Å². The Hall–Kier alpha value is -1.06. The van der Waals surface area contributed by atoms with Crippen molar-refractivity contribution in [3.05, 3.63) is 34.3 Å². The van der Waals surface area contributed by atoms with Gasteiger partial charge >= 0.3 is 5.97 Å². The van der Waals surface area contributed by atoms with Gasteiger partial charge in [0, 0.05) is 24.7 Å². The molecule has 0 bridgehead atoms. The molecule has 1 saturated heterocycles. The first-order valence-corrected chi connectivity index (χ1v) is 5.64. The summed E-state index contributed by atoms with van der Waals surface area (Å²) >= 11 is 5.87. The van der Waals surface area contributed by atoms with E-state index in [0.29, 0.717) is 13.1 Å². The van der Waals surface area contributed by atoms with Crippen LogP contribution in [-0.4, -0.2) is 29.1 Å². The molecule has 1 aromatic rings. The molecular weight excluding hydrogens is 226 g/mol. The van der Waals surface area contributed by atoms with Gasteiger partial charge < -0.3 is 5.11 Å². The largest absolute Gasteiger partial charge is 0.481 e. The third-order valence-electron chi connectivity index (χ3n) is 3.01. The molecule has 16 heavy (non-hydrogen) atoms. The second-order valence-corrected chi connectivity index (χ2v) is 4.74. The van der Waals surface area contributed by atoms with E-state index in [-0.39, 0.29) is 5.92 Å². The van der Waals surface area contributed by atoms with Gasteiger partial charge in [-0.3, -0.25) is 9.69 Å². The molecule has 1 aliphatic rings. The van der Waals surface area contributed by atoms with Gasteiger partial charge in [0.05, 0.1) is 5.92 Å². The van der Waals surface area contributed by atoms with Gasteiger partial charge in [0.2, 0.25) is 0 Å². The Bertz CT molecular complexity index is 413. The summed E-state index contributed by atoms with van der Waals surface area (Å²) in [5.74, 6) is -0.878. The van der Waals surface area contributed by atoms with Crippen LogP contribution < -0.4 is 0 Å². The van der Waals surface area contributed by atoms with Crippen LogP contribution in [-0.2, 0) is 11.3 Å². The maximum Gasteiger partial charge on any atom is 0.309 e. The quantitative estimate of drug-likeness (QED) is 0.879. The molecule has 0 atom stereocenters. The van der Waals surface area contributed by atoms with Gasteiger partial charge in [0.1, 0.15) is 0 Å². The summed E-state index contributed by atoms with van der Waals surface area (Å²) in [6.07, 6.45) is 0. The molecule has 0 unspecified atom stereocenters. The average molecular weight is 240 g/mol. The Labute approximate surface area is 99.6 Å². The first-order chi connectivity index (χ1) is 7.56. The smallest absolute Gasteiger partial charge is 0.309 e. The average Bonchev–Trinajstić information content (AvgIpc) is 2.12. The first-order valence-electron chi connectivity index (χ1n) is 5.26. The van der Waals surface area contributed by atoms with Crippen molar-refractivity contribution in [2.45, 2.75) is 13.5 Å². The van der Waals surface area contributed by atoms with E-state index in [4.69, 9.17) is 16.7 Å². The standard InChI is InChI=1S/C12H14ClNO2/c1-8-4-11(13)3-2-9(8)5-14-6-10(7-14)12(15)16/h2-4,10H,5-7H2,1H3,(H,15,16). The lowest BCUT2D eigenvalue weighted by Crippen LogP contribution is -2.49. The molecule has 0 saturated carbocycles. The number of carboxylic acid groups (broad SMARTS) is 1. The molecule has 4 heteroatoms. The van der Waals surface area contributed by atoms with Crippen LogP contribution in [0.1, 0.15) is 11.1 Å². The number of likely N-dealkylation sites (tertiary alicyclic amines) is 1. The van der Waals surface area contributed by atoms with E-state index in [1.54, 1.807) is 0 Å². The first kappa shape index (κ1) is 11.4. The summed E-state index contributed by atoms with van der Waals surface area (Å²) < 4.78 is 0. The highest BCUT2D eigenvalue weighted by atomic mass is 35.5. The van der Waals surface area contributed by atoms with Gasteiger partial charge in [-0.2, -0.15) is 0 Å². The number of hydrogen-bond acceptors (Lipinski definition) is 2. The third-order valence-corrected chi connectivity index (χ3v) is 3.24. The van der Waals surface area contributed by atoms with Gasteiger partial charge in [-0.25, -0.2) is 0 Å². The van der Waals surface area contributed by atoms with Gasteiger partial charge in [0.25, 0.3) is 0 Å². The van der Waals surface area contributed by atoms with Crippen LogP contribution in [0, 0.1) is 12.8 Å². The molecule has 0 amide bonds. The number of halogens is 1. The minimum absolute atomic E-state index is 0.187. The lowest BCUT2D eigenvalue weighted by molar-refractivity contribution is -0.147. The van der Waals surface area contributed by atoms with E-state index in [9.17, 15) is 4.79 Å². The van der Waals surface area contributed by atoms with Crippen molar-refractivity contribution in [1.82, 2.24) is 4.90 Å². The van der Waals surface area contributed by atoms with E-state index in [2.05, 4.69) is 4.90 Å². The second-order valence-electron chi connectivity index (χ2n) is 4.30. The second kappa shape index (κ2) is 4.44. The van der Waals surface area contributed by atoms with Crippen molar-refractivity contribution >= 4 is 17.6 Å². The Kier molecular flexibility index (Phi) is 3.17. The molecule has 3 nitrogen and oxygen atoms in total. The molecule has 2 rings (SSSR count). The Balaban J connectivity index is 1.94. The molecule has 1 aromatic carbocycles. The highest BCUT2D eigenvalue weighted by Gasteiger charge is 2.32. The van der Waals surface area contributed by atoms with Gasteiger partial charge in [0.15, 0.2) is 0 Å². The molecule has 1 aliphatic heterocycles. The third kappa shape index (κ3) is 2.36. The van der Waals surface area contributed by atoms with Crippen molar-refractivity contribution in [2.75, 3.05) is 13.1 Å². The highest BCUT2D eigenvalue weighted by molar-refractivity contribution is 6.30. The van der Waals surface area contributed by atoms with Crippen LogP contribution in [0.2, 0.25) is 5.02 Å². The van der Waals surface area contributed by atoms with E-state index in [0.717, 1.165) is 17.1 Å². The maximum atomic E-state index is 10.6. The normalized spacial score (nSPS) is 17.1. The van der Waals surface area contributed by atoms with Crippen molar-refractivity contribution in [3.63, 3.8) is 0 Å². The molecule has 1 N–H and O–H groups in total. The zero-order chi connectivity index (χ0) is 11.7. The van der Waals surface area contributed by atoms with Crippen molar-refractivity contribution in [3.8, 4) is 0 Å². The predicted molar refractivity (Wildman–Crippen MR) is 62.6 cm³/mol. The number of nitrogens with zero attached hydrogens (tertiary/aromatic N) is 1. The van der Waals surface area contributed by atoms with Crippen molar-refractivity contribution in [2.24, 2.45) is 5.92 Å². The fourth-order valence-electron chi connectivity index (χ4n) is 1.93. The van der Waals surface area contributed by atoms with Crippen LogP contribution in [0.3, 0.4) is 0 Å². The lowest BCUT2D eigenvalue weighted by Gasteiger charge is -2.36. The number of rotatable bonds is 3. The number of carboxylic acids is 1. The summed E-state index contributed by atoms with van der Waals surface area (Å²) in [5, 5.41) is 9.51. The number of aryl methyl sites for hydroxylation is 1. The summed E-state index contributed by atoms with van der Waals surface area (Å²) in [6, 6.07) is 5.81. The molecule has 86 valence electrons. The minimum atomic E-state index is -0.691. The molecule has 1 heterocycles. The van der Waals surface area contributed by atoms with Gasteiger partial charge in [-0.15, -0.1) is 0 Å². The van der Waals surface area contributed by atoms with Crippen molar-refractivity contribution in [1.29, 1.82) is 0 Å². The van der Waals surface area contributed by atoms with E-state index >= 15 is 0 Å². The fraction of sp³-hybridized carbons (Fsp3) is 0.417. The number of carbonyl (C=O) groups is 1. The van der Waals surface area contributed by atoms with E-state index in [1.165, 1.54) is 5.56 Å². The lowest BCUT2D eigenvalue weighted by atomic mass is 9.98. The number of hydrogen-bond donors (Lipinski definition) is 1. The molecule has 0 aromatic heterocycles. The summed E-state index contributed by atoms with van der Waals surface area (Å²) in [6.45, 7) is 4.14. The molecule has 0 aliphatic carbocycles. The highest BCUT2D eigenvalue weighted by Crippen LogP contribution is 2.22. The zero-order valence-electron chi connectivity index (χ0n) is 9.11. The van der Waals surface area contributed by atoms with Crippen LogP contribution >= 0.6 is 11.6 Å². The zero-order valence-corrected chi connectivity index (χ0v) is 9.87. The minimum Gasteiger partial charge on any atom is -0.481 e. The monoisotopic (exact) mass is 239 g/mol. The summed E-state index contributed by atoms with van der Waals surface area (Å²) in [4.78, 5) is 12.8. The molecule has 1 fully saturated rings. The van der Waals surface area contributed by atoms with Gasteiger partial charge in [-0.1, -0.05) is 17.7 Å². The van der Waals surface area contributed by atoms with Crippen LogP contribution in [0.5, 0.6) is 0 Å². The molecular formula is C12H14ClNO2. The maximum absolute atomic E-state index is 10.6. The SMILES string of the molecule is Cc1cc(Cl)ccc1CN1CC(C(=O)O)C1. The summed E-state index contributed by atoms with van der Waals surface area (Å²) in [5.41, 5.74) is 2.37. The predicted octanol–water partition coefficient (Wildman–Crippen LogP) is 2.16. The molecule has 0 radical (unpaired) electrons. The van der Waals surface area contributed by atoms with Crippen LogP contribution in [0.15, 0.2) is 18.2 Å². The fourth-order valence-corrected chi connectivity index (χ4v) is 2.16. The Morgan fingerprint density at radius 1 is 1.56 bits per heavy atom. The van der Waals surface area contributed by atoms with Gasteiger partial charge in [-0.05, 0) is 30.2 Å². The van der Waals surface area contributed by atoms with Crippen molar-refractivity contribution < 1.29 is 9.90 Å². The summed E-state index contributed by atoms with van der Waals surface area (Å²) in [7, 11) is 0. The number of aliphatic carboxylic acids is 1. The topological polar surface area (TPSA) is 40.5 Å². The Morgan fingerprint density at radius 2 is 2.25 bits per heavy atom. The van der Waals surface area contributed by atoms with Crippen LogP contribution in [0.25, 0.3) is 0 Å². The van der Waals surface area contributed by atoms with E-state index < -0.39 is 5.97 Å². The van der Waals surface area contributed by atoms with Crippen LogP contribution in [0.4, 0.5) is 0 Å². The Morgan fingerprint density at radius 3 is 2.81 bits per heavy atom. The molecule has 0 spiro atoms. The number of benzene rings is 1.